The minimum atomic E-state index is -4.93. The normalized spacial score (nSPS) is 19.9. The molecular formula is C22H21ClF6N2O2. The van der Waals surface area contributed by atoms with E-state index < -0.39 is 35.5 Å². The van der Waals surface area contributed by atoms with E-state index in [2.05, 4.69) is 0 Å². The molecule has 33 heavy (non-hydrogen) atoms. The Hall–Kier alpha value is -2.30. The van der Waals surface area contributed by atoms with E-state index in [1.807, 2.05) is 0 Å². The van der Waals surface area contributed by atoms with Gasteiger partial charge in [-0.2, -0.15) is 26.3 Å². The molecule has 0 bridgehead atoms. The first-order valence-corrected chi connectivity index (χ1v) is 10.3. The zero-order valence-corrected chi connectivity index (χ0v) is 18.2. The average molecular weight is 495 g/mol. The maximum atomic E-state index is 13.1. The lowest BCUT2D eigenvalue weighted by molar-refractivity contribution is -0.144. The summed E-state index contributed by atoms with van der Waals surface area (Å²) in [5.41, 5.74) is -2.11. The van der Waals surface area contributed by atoms with Gasteiger partial charge in [-0.25, -0.2) is 0 Å². The zero-order valence-electron chi connectivity index (χ0n) is 17.4. The lowest BCUT2D eigenvalue weighted by atomic mass is 10.0. The lowest BCUT2D eigenvalue weighted by Crippen LogP contribution is -2.36. The van der Waals surface area contributed by atoms with Crippen LogP contribution in [0.25, 0.3) is 0 Å². The van der Waals surface area contributed by atoms with E-state index in [0.717, 1.165) is 5.56 Å². The molecular weight excluding hydrogens is 474 g/mol. The van der Waals surface area contributed by atoms with Crippen LogP contribution in [0.3, 0.4) is 0 Å². The third-order valence-corrected chi connectivity index (χ3v) is 5.88. The molecule has 2 aromatic carbocycles. The maximum absolute atomic E-state index is 13.1. The molecule has 1 aliphatic rings. The number of carboxylic acids is 1. The predicted molar refractivity (Wildman–Crippen MR) is 110 cm³/mol. The molecule has 0 saturated carbocycles. The number of rotatable bonds is 6. The second-order valence-electron chi connectivity index (χ2n) is 8.13. The fourth-order valence-electron chi connectivity index (χ4n) is 4.03. The van der Waals surface area contributed by atoms with Crippen molar-refractivity contribution >= 4 is 17.6 Å². The summed E-state index contributed by atoms with van der Waals surface area (Å²) in [5.74, 6) is -1.05. The van der Waals surface area contributed by atoms with E-state index in [4.69, 9.17) is 11.6 Å². The lowest BCUT2D eigenvalue weighted by Gasteiger charge is -2.25. The van der Waals surface area contributed by atoms with Crippen molar-refractivity contribution < 1.29 is 36.2 Å². The van der Waals surface area contributed by atoms with Gasteiger partial charge in [-0.05, 0) is 54.9 Å². The number of hydrogen-bond donors (Lipinski definition) is 1. The van der Waals surface area contributed by atoms with E-state index in [0.29, 0.717) is 23.7 Å². The summed E-state index contributed by atoms with van der Waals surface area (Å²) in [6, 6.07) is 7.17. The van der Waals surface area contributed by atoms with Crippen LogP contribution in [0.15, 0.2) is 42.5 Å². The minimum absolute atomic E-state index is 0.0895. The van der Waals surface area contributed by atoms with Gasteiger partial charge < -0.3 is 5.11 Å². The largest absolute Gasteiger partial charge is 0.480 e. The van der Waals surface area contributed by atoms with Crippen molar-refractivity contribution in [3.05, 3.63) is 69.7 Å². The first-order chi connectivity index (χ1) is 15.2. The Bertz CT molecular complexity index is 979. The van der Waals surface area contributed by atoms with Crippen molar-refractivity contribution in [2.75, 3.05) is 13.6 Å². The molecule has 4 nitrogen and oxygen atoms in total. The van der Waals surface area contributed by atoms with Crippen molar-refractivity contribution in [2.45, 2.75) is 43.9 Å². The van der Waals surface area contributed by atoms with Crippen molar-refractivity contribution in [3.63, 3.8) is 0 Å². The fraction of sp³-hybridized carbons (Fsp3) is 0.409. The van der Waals surface area contributed by atoms with Gasteiger partial charge >= 0.3 is 18.3 Å². The van der Waals surface area contributed by atoms with Crippen LogP contribution in [0.4, 0.5) is 26.3 Å². The van der Waals surface area contributed by atoms with E-state index in [1.165, 1.54) is 0 Å². The first kappa shape index (κ1) is 25.3. The highest BCUT2D eigenvalue weighted by Crippen LogP contribution is 2.37. The maximum Gasteiger partial charge on any atom is 0.416 e. The molecule has 1 heterocycles. The van der Waals surface area contributed by atoms with Crippen LogP contribution in [-0.2, 0) is 30.2 Å². The number of aliphatic carboxylic acids is 1. The fourth-order valence-corrected chi connectivity index (χ4v) is 4.24. The standard InChI is InChI=1S/C22H21ClF6N2O2/c1-30(10-14-5-15(21(24,25)26)8-16(6-14)22(27,28)29)18-9-19(20(32)33)31(12-18)11-13-3-2-4-17(23)7-13/h2-8,18-19H,9-12H2,1H3,(H,32,33)/t18-,19?/m0/s1. The Kier molecular flexibility index (Phi) is 7.30. The Morgan fingerprint density at radius 3 is 2.18 bits per heavy atom. The first-order valence-electron chi connectivity index (χ1n) is 9.94. The molecule has 2 atom stereocenters. The van der Waals surface area contributed by atoms with Gasteiger partial charge in [-0.1, -0.05) is 23.7 Å². The molecule has 3 rings (SSSR count). The molecule has 0 radical (unpaired) electrons. The molecule has 0 amide bonds. The minimum Gasteiger partial charge on any atom is -0.480 e. The number of likely N-dealkylation sites (tertiary alicyclic amines) is 1. The number of likely N-dealkylation sites (N-methyl/N-ethyl adjacent to an activating group) is 1. The van der Waals surface area contributed by atoms with E-state index in [9.17, 15) is 36.2 Å². The van der Waals surface area contributed by atoms with Crippen molar-refractivity contribution in [3.8, 4) is 0 Å². The van der Waals surface area contributed by atoms with Gasteiger partial charge in [-0.15, -0.1) is 0 Å². The average Bonchev–Trinajstić information content (AvgIpc) is 3.10. The summed E-state index contributed by atoms with van der Waals surface area (Å²) in [6.45, 7) is 0.379. The van der Waals surface area contributed by atoms with Crippen molar-refractivity contribution in [1.82, 2.24) is 9.80 Å². The second kappa shape index (κ2) is 9.52. The van der Waals surface area contributed by atoms with Gasteiger partial charge in [0.1, 0.15) is 6.04 Å². The Morgan fingerprint density at radius 2 is 1.67 bits per heavy atom. The van der Waals surface area contributed by atoms with E-state index in [1.54, 1.807) is 41.1 Å². The van der Waals surface area contributed by atoms with Gasteiger partial charge in [0.2, 0.25) is 0 Å². The Morgan fingerprint density at radius 1 is 1.06 bits per heavy atom. The molecule has 0 spiro atoms. The van der Waals surface area contributed by atoms with E-state index >= 15 is 0 Å². The molecule has 1 fully saturated rings. The Labute approximate surface area is 191 Å². The third-order valence-electron chi connectivity index (χ3n) is 5.64. The highest BCUT2D eigenvalue weighted by Gasteiger charge is 2.40. The summed E-state index contributed by atoms with van der Waals surface area (Å²) < 4.78 is 78.8. The van der Waals surface area contributed by atoms with Crippen molar-refractivity contribution in [2.24, 2.45) is 0 Å². The molecule has 1 saturated heterocycles. The molecule has 180 valence electrons. The summed E-state index contributed by atoms with van der Waals surface area (Å²) in [7, 11) is 1.56. The van der Waals surface area contributed by atoms with Gasteiger partial charge in [0.25, 0.3) is 0 Å². The zero-order chi connectivity index (χ0) is 24.6. The molecule has 1 unspecified atom stereocenters. The van der Waals surface area contributed by atoms with Crippen LogP contribution in [0.5, 0.6) is 0 Å². The molecule has 1 N–H and O–H groups in total. The number of nitrogens with zero attached hydrogens (tertiary/aromatic N) is 2. The van der Waals surface area contributed by atoms with Gasteiger partial charge in [0.05, 0.1) is 11.1 Å². The monoisotopic (exact) mass is 494 g/mol. The molecule has 1 aliphatic heterocycles. The summed E-state index contributed by atoms with van der Waals surface area (Å²) >= 11 is 5.98. The highest BCUT2D eigenvalue weighted by atomic mass is 35.5. The summed E-state index contributed by atoms with van der Waals surface area (Å²) in [4.78, 5) is 15.1. The number of halogens is 7. The van der Waals surface area contributed by atoms with Gasteiger partial charge in [-0.3, -0.25) is 14.6 Å². The van der Waals surface area contributed by atoms with E-state index in [-0.39, 0.29) is 37.2 Å². The number of benzene rings is 2. The highest BCUT2D eigenvalue weighted by molar-refractivity contribution is 6.30. The third kappa shape index (κ3) is 6.39. The number of carboxylic acid groups (broad SMARTS) is 1. The summed E-state index contributed by atoms with van der Waals surface area (Å²) in [6.07, 6.45) is -9.67. The number of carbonyl (C=O) groups is 1. The second-order valence-corrected chi connectivity index (χ2v) is 8.57. The molecule has 0 aromatic heterocycles. The predicted octanol–water partition coefficient (Wildman–Crippen LogP) is 5.54. The molecule has 2 aromatic rings. The van der Waals surface area contributed by atoms with Gasteiger partial charge in [0, 0.05) is 30.7 Å². The topological polar surface area (TPSA) is 43.8 Å². The van der Waals surface area contributed by atoms with Crippen LogP contribution >= 0.6 is 11.6 Å². The molecule has 11 heteroatoms. The van der Waals surface area contributed by atoms with Crippen LogP contribution in [0.1, 0.15) is 28.7 Å². The van der Waals surface area contributed by atoms with Crippen LogP contribution in [0, 0.1) is 0 Å². The Balaban J connectivity index is 1.79. The molecule has 0 aliphatic carbocycles. The quantitative estimate of drug-likeness (QED) is 0.536. The van der Waals surface area contributed by atoms with Gasteiger partial charge in [0.15, 0.2) is 0 Å². The number of hydrogen-bond acceptors (Lipinski definition) is 3. The SMILES string of the molecule is CN(Cc1cc(C(F)(F)F)cc(C(F)(F)F)c1)[C@H]1CC(C(=O)O)N(Cc2cccc(Cl)c2)C1. The van der Waals surface area contributed by atoms with Crippen LogP contribution in [-0.4, -0.2) is 46.6 Å². The number of alkyl halides is 6. The van der Waals surface area contributed by atoms with Crippen LogP contribution in [0.2, 0.25) is 5.02 Å². The smallest absolute Gasteiger partial charge is 0.416 e. The van der Waals surface area contributed by atoms with Crippen molar-refractivity contribution in [1.29, 1.82) is 0 Å². The summed E-state index contributed by atoms with van der Waals surface area (Å²) in [5, 5.41) is 10.1. The van der Waals surface area contributed by atoms with Crippen LogP contribution < -0.4 is 0 Å².